The Morgan fingerprint density at radius 3 is 2.37 bits per heavy atom. The third kappa shape index (κ3) is 6.21. The lowest BCUT2D eigenvalue weighted by Crippen LogP contribution is -2.73. The lowest BCUT2D eigenvalue weighted by Gasteiger charge is -2.62. The van der Waals surface area contributed by atoms with Crippen LogP contribution in [0.5, 0.6) is 0 Å². The Hall–Kier alpha value is -3.26. The summed E-state index contributed by atoms with van der Waals surface area (Å²) in [6, 6.07) is -2.64. The minimum atomic E-state index is -1.59. The minimum absolute atomic E-state index is 0.0289. The smallest absolute Gasteiger partial charge is 0.405 e. The highest BCUT2D eigenvalue weighted by Crippen LogP contribution is 2.61. The molecule has 5 rings (SSSR count). The molecule has 0 bridgehead atoms. The predicted octanol–water partition coefficient (Wildman–Crippen LogP) is 0.919. The first-order chi connectivity index (χ1) is 20.2. The Balaban J connectivity index is 1.43. The van der Waals surface area contributed by atoms with E-state index in [1.54, 1.807) is 13.8 Å². The van der Waals surface area contributed by atoms with Crippen LogP contribution in [0.1, 0.15) is 103 Å². The Morgan fingerprint density at radius 2 is 1.81 bits per heavy atom. The van der Waals surface area contributed by atoms with Crippen LogP contribution in [-0.2, 0) is 20.0 Å². The molecule has 1 aromatic heterocycles. The fourth-order valence-electron chi connectivity index (χ4n) is 8.03. The number of rotatable bonds is 10. The molecule has 7 N–H and O–H groups in total. The molecule has 1 saturated heterocycles. The molecule has 4 aliphatic rings. The molecule has 0 aromatic carbocycles. The van der Waals surface area contributed by atoms with Crippen LogP contribution >= 0.6 is 0 Å². The first-order valence-corrected chi connectivity index (χ1v) is 15.5. The van der Waals surface area contributed by atoms with Crippen molar-refractivity contribution in [2.45, 2.75) is 126 Å². The van der Waals surface area contributed by atoms with Crippen molar-refractivity contribution in [2.75, 3.05) is 6.54 Å². The molecule has 0 radical (unpaired) electrons. The van der Waals surface area contributed by atoms with Gasteiger partial charge in [-0.05, 0) is 57.3 Å². The van der Waals surface area contributed by atoms with Gasteiger partial charge in [-0.25, -0.2) is 9.48 Å². The summed E-state index contributed by atoms with van der Waals surface area (Å²) in [6.45, 7) is 3.20. The average Bonchev–Trinajstić information content (AvgIpc) is 3.56. The van der Waals surface area contributed by atoms with Gasteiger partial charge in [0.2, 0.25) is 17.7 Å². The summed E-state index contributed by atoms with van der Waals surface area (Å²) in [5.41, 5.74) is 3.33. The zero-order chi connectivity index (χ0) is 31.2. The molecule has 4 fully saturated rings. The Morgan fingerprint density at radius 1 is 1.14 bits per heavy atom. The second-order valence-corrected chi connectivity index (χ2v) is 13.9. The van der Waals surface area contributed by atoms with Crippen molar-refractivity contribution >= 4 is 23.8 Å². The SMILES string of the molecule is CC(C)(O)c1cnnn1[C@H]1C[C@@H](C(=O)NC2(C(O)C(N)=O)CC3(CCC3)C2)N(C(=O)C(CC2CCCCC2)NC(=O)O)C1. The summed E-state index contributed by atoms with van der Waals surface area (Å²) in [6.07, 6.45) is 7.68. The zero-order valence-corrected chi connectivity index (χ0v) is 25.0. The molecule has 14 heteroatoms. The first-order valence-electron chi connectivity index (χ1n) is 15.5. The maximum Gasteiger partial charge on any atom is 0.405 e. The Bertz CT molecular complexity index is 1230. The lowest BCUT2D eigenvalue weighted by molar-refractivity contribution is -0.158. The predicted molar refractivity (Wildman–Crippen MR) is 152 cm³/mol. The van der Waals surface area contributed by atoms with Crippen molar-refractivity contribution in [3.05, 3.63) is 11.9 Å². The first kappa shape index (κ1) is 31.2. The number of nitrogens with two attached hydrogens (primary N) is 1. The number of aromatic nitrogens is 3. The number of aliphatic hydroxyl groups excluding tert-OH is 1. The fraction of sp³-hybridized carbons (Fsp3) is 0.793. The quantitative estimate of drug-likeness (QED) is 0.224. The number of nitrogens with zero attached hydrogens (tertiary/aromatic N) is 4. The molecule has 2 unspecified atom stereocenters. The third-order valence-electron chi connectivity index (χ3n) is 10.3. The number of amides is 4. The van der Waals surface area contributed by atoms with Crippen molar-refractivity contribution < 1.29 is 34.5 Å². The standard InChI is InChI=1S/C29H45N7O7/c1-27(2,43)21-13-31-34-36(21)18-12-20(24(39)33-29(22(37)23(30)38)15-28(16-29)9-6-10-28)35(14-18)25(40)19(32-26(41)42)11-17-7-4-3-5-8-17/h13,17-20,22,32,37,43H,3-12,14-16H2,1-2H3,(H2,30,38)(H,33,39)(H,41,42)/t18-,19?,20-,22?/m0/s1. The van der Waals surface area contributed by atoms with Crippen LogP contribution < -0.4 is 16.4 Å². The molecule has 43 heavy (non-hydrogen) atoms. The van der Waals surface area contributed by atoms with Gasteiger partial charge < -0.3 is 36.6 Å². The molecule has 4 amide bonds. The molecular formula is C29H45N7O7. The van der Waals surface area contributed by atoms with Crippen molar-refractivity contribution in [2.24, 2.45) is 17.1 Å². The van der Waals surface area contributed by atoms with Gasteiger partial charge in [0, 0.05) is 13.0 Å². The van der Waals surface area contributed by atoms with Crippen LogP contribution in [0.15, 0.2) is 6.20 Å². The van der Waals surface area contributed by atoms with E-state index in [9.17, 15) is 34.5 Å². The molecule has 1 spiro atoms. The maximum atomic E-state index is 14.1. The van der Waals surface area contributed by atoms with Crippen molar-refractivity contribution in [3.8, 4) is 0 Å². The summed E-state index contributed by atoms with van der Waals surface area (Å²) in [4.78, 5) is 53.4. The molecule has 14 nitrogen and oxygen atoms in total. The summed E-state index contributed by atoms with van der Waals surface area (Å²) < 4.78 is 1.51. The number of carbonyl (C=O) groups excluding carboxylic acids is 3. The molecule has 238 valence electrons. The van der Waals surface area contributed by atoms with Crippen LogP contribution in [0.2, 0.25) is 0 Å². The second-order valence-electron chi connectivity index (χ2n) is 13.9. The van der Waals surface area contributed by atoms with E-state index in [-0.39, 0.29) is 24.3 Å². The van der Waals surface area contributed by atoms with Gasteiger partial charge >= 0.3 is 6.09 Å². The van der Waals surface area contributed by atoms with Crippen molar-refractivity contribution in [1.29, 1.82) is 0 Å². The maximum absolute atomic E-state index is 14.1. The summed E-state index contributed by atoms with van der Waals surface area (Å²) in [5.74, 6) is -1.82. The number of likely N-dealkylation sites (tertiary alicyclic amines) is 1. The van der Waals surface area contributed by atoms with E-state index in [2.05, 4.69) is 20.9 Å². The second kappa shape index (κ2) is 11.7. The van der Waals surface area contributed by atoms with Crippen LogP contribution in [0.25, 0.3) is 0 Å². The minimum Gasteiger partial charge on any atom is -0.465 e. The highest BCUT2D eigenvalue weighted by Gasteiger charge is 2.62. The Labute approximate surface area is 250 Å². The van der Waals surface area contributed by atoms with Crippen LogP contribution in [0, 0.1) is 11.3 Å². The molecule has 2 heterocycles. The normalized spacial score (nSPS) is 26.2. The summed E-state index contributed by atoms with van der Waals surface area (Å²) in [7, 11) is 0. The molecule has 1 aromatic rings. The molecule has 3 aliphatic carbocycles. The van der Waals surface area contributed by atoms with E-state index >= 15 is 0 Å². The van der Waals surface area contributed by atoms with Gasteiger partial charge in [0.1, 0.15) is 17.7 Å². The number of hydrogen-bond acceptors (Lipinski definition) is 8. The van der Waals surface area contributed by atoms with Crippen molar-refractivity contribution in [1.82, 2.24) is 30.5 Å². The van der Waals surface area contributed by atoms with Gasteiger partial charge in [0.15, 0.2) is 6.10 Å². The molecular weight excluding hydrogens is 558 g/mol. The van der Waals surface area contributed by atoms with E-state index in [0.29, 0.717) is 25.0 Å². The topological polar surface area (TPSA) is 213 Å². The number of hydrogen-bond donors (Lipinski definition) is 6. The molecule has 4 atom stereocenters. The number of carboxylic acid groups (broad SMARTS) is 1. The van der Waals surface area contributed by atoms with Crippen LogP contribution in [0.3, 0.4) is 0 Å². The van der Waals surface area contributed by atoms with E-state index in [1.165, 1.54) is 15.8 Å². The number of nitrogens with one attached hydrogen (secondary N) is 2. The summed E-state index contributed by atoms with van der Waals surface area (Å²) in [5, 5.41) is 44.6. The number of carbonyl (C=O) groups is 4. The van der Waals surface area contributed by atoms with E-state index in [0.717, 1.165) is 51.4 Å². The van der Waals surface area contributed by atoms with Gasteiger partial charge in [-0.2, -0.15) is 0 Å². The van der Waals surface area contributed by atoms with Gasteiger partial charge in [-0.1, -0.05) is 43.7 Å². The van der Waals surface area contributed by atoms with Gasteiger partial charge in [-0.15, -0.1) is 5.10 Å². The van der Waals surface area contributed by atoms with Gasteiger partial charge in [0.25, 0.3) is 0 Å². The third-order valence-corrected chi connectivity index (χ3v) is 10.3. The highest BCUT2D eigenvalue weighted by molar-refractivity contribution is 5.93. The van der Waals surface area contributed by atoms with E-state index in [4.69, 9.17) is 5.73 Å². The van der Waals surface area contributed by atoms with E-state index < -0.39 is 59.2 Å². The number of primary amides is 1. The zero-order valence-electron chi connectivity index (χ0n) is 25.0. The monoisotopic (exact) mass is 603 g/mol. The largest absolute Gasteiger partial charge is 0.465 e. The lowest BCUT2D eigenvalue weighted by atomic mass is 9.47. The summed E-state index contributed by atoms with van der Waals surface area (Å²) >= 11 is 0. The fourth-order valence-corrected chi connectivity index (χ4v) is 8.03. The molecule has 3 saturated carbocycles. The number of aliphatic hydroxyl groups is 2. The van der Waals surface area contributed by atoms with Crippen LogP contribution in [-0.4, -0.2) is 89.3 Å². The van der Waals surface area contributed by atoms with Gasteiger partial charge in [0.05, 0.1) is 23.5 Å². The van der Waals surface area contributed by atoms with Crippen molar-refractivity contribution in [3.63, 3.8) is 0 Å². The van der Waals surface area contributed by atoms with Crippen LogP contribution in [0.4, 0.5) is 4.79 Å². The van der Waals surface area contributed by atoms with E-state index in [1.807, 2.05) is 0 Å². The average molecular weight is 604 g/mol. The molecule has 1 aliphatic heterocycles. The highest BCUT2D eigenvalue weighted by atomic mass is 16.4. The van der Waals surface area contributed by atoms with Gasteiger partial charge in [-0.3, -0.25) is 14.4 Å². The Kier molecular flexibility index (Phi) is 8.47.